The van der Waals surface area contributed by atoms with E-state index in [1.54, 1.807) is 6.07 Å². The Morgan fingerprint density at radius 2 is 1.97 bits per heavy atom. The van der Waals surface area contributed by atoms with Crippen molar-refractivity contribution in [1.82, 2.24) is 29.7 Å². The zero-order chi connectivity index (χ0) is 22.0. The van der Waals surface area contributed by atoms with Gasteiger partial charge in [-0.25, -0.2) is 19.3 Å². The van der Waals surface area contributed by atoms with Crippen molar-refractivity contribution in [2.75, 3.05) is 7.11 Å². The van der Waals surface area contributed by atoms with Crippen molar-refractivity contribution in [2.45, 2.75) is 31.7 Å². The molecule has 3 aliphatic rings. The summed E-state index contributed by atoms with van der Waals surface area (Å²) in [6.07, 6.45) is 8.46. The van der Waals surface area contributed by atoms with Gasteiger partial charge in [0.2, 0.25) is 0 Å². The molecular weight excluding hydrogens is 435 g/mol. The van der Waals surface area contributed by atoms with Crippen molar-refractivity contribution in [3.8, 4) is 11.5 Å². The molecule has 1 N–H and O–H groups in total. The first-order valence-corrected chi connectivity index (χ1v) is 11.0. The highest BCUT2D eigenvalue weighted by atomic mass is 35.5. The molecule has 164 valence electrons. The van der Waals surface area contributed by atoms with Crippen LogP contribution in [0, 0.1) is 23.6 Å². The first kappa shape index (κ1) is 19.6. The van der Waals surface area contributed by atoms with E-state index in [1.165, 1.54) is 25.7 Å². The highest BCUT2D eigenvalue weighted by Gasteiger charge is 2.49. The van der Waals surface area contributed by atoms with Crippen molar-refractivity contribution in [3.05, 3.63) is 35.5 Å². The zero-order valence-electron chi connectivity index (χ0n) is 17.3. The second-order valence-corrected chi connectivity index (χ2v) is 9.09. The Balaban J connectivity index is 1.52. The number of carbonyl (C=O) groups excluding carboxylic acids is 1. The number of carbonyl (C=O) groups is 1. The number of nitrogens with one attached hydrogen (secondary N) is 1. The van der Waals surface area contributed by atoms with E-state index in [0.717, 1.165) is 25.7 Å². The fourth-order valence-corrected chi connectivity index (χ4v) is 5.83. The third kappa shape index (κ3) is 2.83. The molecule has 3 fully saturated rings. The number of methoxy groups -OCH3 is 1. The topological polar surface area (TPSA) is 98.6 Å². The standard InChI is InChI=1S/C22H20ClFN6O2/c1-32-22(31)16-10-2-4-11(5-3-10)18(16)30-9-15(24)14-8-26-20(27-21(14)30)17-13-6-12(23)7-25-19(13)29-28-17/h6-11,16,18H,2-5H2,1H3,(H,25,28,29)/t10?,11?,16-,18-/m0/s1. The van der Waals surface area contributed by atoms with E-state index in [2.05, 4.69) is 20.2 Å². The Morgan fingerprint density at radius 3 is 2.75 bits per heavy atom. The van der Waals surface area contributed by atoms with Crippen molar-refractivity contribution in [3.63, 3.8) is 0 Å². The monoisotopic (exact) mass is 454 g/mol. The molecule has 0 aromatic carbocycles. The molecule has 0 radical (unpaired) electrons. The van der Waals surface area contributed by atoms with Crippen LogP contribution in [0.1, 0.15) is 31.7 Å². The molecule has 32 heavy (non-hydrogen) atoms. The molecule has 7 rings (SSSR count). The van der Waals surface area contributed by atoms with Gasteiger partial charge < -0.3 is 9.30 Å². The number of ether oxygens (including phenoxy) is 1. The van der Waals surface area contributed by atoms with E-state index in [9.17, 15) is 9.18 Å². The molecule has 0 saturated heterocycles. The van der Waals surface area contributed by atoms with Crippen molar-refractivity contribution in [2.24, 2.45) is 17.8 Å². The maximum atomic E-state index is 14.9. The Morgan fingerprint density at radius 1 is 1.19 bits per heavy atom. The van der Waals surface area contributed by atoms with E-state index < -0.39 is 5.82 Å². The lowest BCUT2D eigenvalue weighted by Gasteiger charge is -2.47. The van der Waals surface area contributed by atoms with Crippen molar-refractivity contribution >= 4 is 39.6 Å². The quantitative estimate of drug-likeness (QED) is 0.463. The molecule has 0 unspecified atom stereocenters. The van der Waals surface area contributed by atoms with E-state index in [1.807, 2.05) is 4.57 Å². The van der Waals surface area contributed by atoms with Crippen LogP contribution in [0.4, 0.5) is 4.39 Å². The summed E-state index contributed by atoms with van der Waals surface area (Å²) in [6, 6.07) is 1.54. The second-order valence-electron chi connectivity index (χ2n) is 8.65. The first-order valence-electron chi connectivity index (χ1n) is 10.7. The Labute approximate surface area is 187 Å². The minimum Gasteiger partial charge on any atom is -0.469 e. The zero-order valence-corrected chi connectivity index (χ0v) is 18.0. The third-order valence-electron chi connectivity index (χ3n) is 7.09. The predicted molar refractivity (Wildman–Crippen MR) is 115 cm³/mol. The van der Waals surface area contributed by atoms with Crippen LogP contribution in [0.2, 0.25) is 5.02 Å². The number of H-pyrrole nitrogens is 1. The van der Waals surface area contributed by atoms with E-state index in [-0.39, 0.29) is 29.8 Å². The number of halogens is 2. The van der Waals surface area contributed by atoms with Gasteiger partial charge in [0.25, 0.3) is 0 Å². The van der Waals surface area contributed by atoms with Crippen LogP contribution in [0.25, 0.3) is 33.6 Å². The predicted octanol–water partition coefficient (Wildman–Crippen LogP) is 4.31. The van der Waals surface area contributed by atoms with Gasteiger partial charge in [0.15, 0.2) is 17.3 Å². The van der Waals surface area contributed by atoms with Gasteiger partial charge in [0.1, 0.15) is 11.3 Å². The molecule has 0 spiro atoms. The van der Waals surface area contributed by atoms with Crippen LogP contribution in [0.15, 0.2) is 24.7 Å². The summed E-state index contributed by atoms with van der Waals surface area (Å²) in [7, 11) is 1.42. The highest BCUT2D eigenvalue weighted by Crippen LogP contribution is 2.52. The summed E-state index contributed by atoms with van der Waals surface area (Å²) >= 11 is 6.11. The van der Waals surface area contributed by atoms with Gasteiger partial charge in [-0.3, -0.25) is 9.89 Å². The van der Waals surface area contributed by atoms with Gasteiger partial charge in [-0.15, -0.1) is 0 Å². The highest BCUT2D eigenvalue weighted by molar-refractivity contribution is 6.31. The van der Waals surface area contributed by atoms with E-state index in [0.29, 0.717) is 38.6 Å². The van der Waals surface area contributed by atoms with Gasteiger partial charge >= 0.3 is 5.97 Å². The molecule has 2 bridgehead atoms. The molecular formula is C22H20ClFN6O2. The minimum absolute atomic E-state index is 0.195. The molecule has 4 aromatic rings. The summed E-state index contributed by atoms with van der Waals surface area (Å²) in [4.78, 5) is 26.0. The number of aromatic amines is 1. The number of nitrogens with zero attached hydrogens (tertiary/aromatic N) is 5. The number of fused-ring (bicyclic) bond motifs is 5. The average molecular weight is 455 g/mol. The number of pyridine rings is 1. The van der Waals surface area contributed by atoms with Crippen LogP contribution < -0.4 is 0 Å². The lowest BCUT2D eigenvalue weighted by molar-refractivity contribution is -0.155. The SMILES string of the molecule is COC(=O)[C@H]1C2CCC(CC2)[C@@H]1n1cc(F)c2cnc(-c3[nH]nc4ncc(Cl)cc34)nc21. The summed E-state index contributed by atoms with van der Waals surface area (Å²) < 4.78 is 21.9. The van der Waals surface area contributed by atoms with Crippen LogP contribution in [0.5, 0.6) is 0 Å². The van der Waals surface area contributed by atoms with Gasteiger partial charge in [-0.2, -0.15) is 5.10 Å². The molecule has 4 aromatic heterocycles. The van der Waals surface area contributed by atoms with Crippen LogP contribution in [-0.4, -0.2) is 42.8 Å². The molecule has 10 heteroatoms. The summed E-state index contributed by atoms with van der Waals surface area (Å²) in [5.74, 6) is -0.0783. The smallest absolute Gasteiger partial charge is 0.311 e. The van der Waals surface area contributed by atoms with Crippen molar-refractivity contribution in [1.29, 1.82) is 0 Å². The Kier molecular flexibility index (Phi) is 4.43. The average Bonchev–Trinajstić information content (AvgIpc) is 3.39. The minimum atomic E-state index is -0.407. The van der Waals surface area contributed by atoms with Gasteiger partial charge in [0, 0.05) is 18.6 Å². The van der Waals surface area contributed by atoms with Gasteiger partial charge in [0.05, 0.1) is 34.9 Å². The lowest BCUT2D eigenvalue weighted by Crippen LogP contribution is -2.45. The molecule has 4 heterocycles. The Bertz CT molecular complexity index is 1360. The molecule has 0 amide bonds. The third-order valence-corrected chi connectivity index (χ3v) is 7.30. The number of esters is 1. The van der Waals surface area contributed by atoms with Crippen molar-refractivity contribution < 1.29 is 13.9 Å². The molecule has 8 nitrogen and oxygen atoms in total. The Hall–Kier alpha value is -3.07. The van der Waals surface area contributed by atoms with E-state index >= 15 is 0 Å². The van der Waals surface area contributed by atoms with Crippen LogP contribution in [0.3, 0.4) is 0 Å². The summed E-state index contributed by atoms with van der Waals surface area (Å²) in [5.41, 5.74) is 1.50. The van der Waals surface area contributed by atoms with Crippen LogP contribution >= 0.6 is 11.6 Å². The van der Waals surface area contributed by atoms with E-state index in [4.69, 9.17) is 21.3 Å². The number of aromatic nitrogens is 6. The number of hydrogen-bond acceptors (Lipinski definition) is 6. The molecule has 3 saturated carbocycles. The fraction of sp³-hybridized carbons (Fsp3) is 0.409. The molecule has 0 aliphatic heterocycles. The van der Waals surface area contributed by atoms with Crippen LogP contribution in [-0.2, 0) is 9.53 Å². The summed E-state index contributed by atoms with van der Waals surface area (Å²) in [6.45, 7) is 0. The summed E-state index contributed by atoms with van der Waals surface area (Å²) in [5, 5.41) is 8.58. The second kappa shape index (κ2) is 7.23. The number of hydrogen-bond donors (Lipinski definition) is 1. The molecule has 2 atom stereocenters. The normalized spacial score (nSPS) is 25.0. The number of rotatable bonds is 3. The lowest BCUT2D eigenvalue weighted by atomic mass is 9.61. The largest absolute Gasteiger partial charge is 0.469 e. The van der Waals surface area contributed by atoms with Gasteiger partial charge in [-0.1, -0.05) is 11.6 Å². The van der Waals surface area contributed by atoms with Gasteiger partial charge in [-0.05, 0) is 43.6 Å². The maximum Gasteiger partial charge on any atom is 0.311 e. The fourth-order valence-electron chi connectivity index (χ4n) is 5.67. The maximum absolute atomic E-state index is 14.9. The first-order chi connectivity index (χ1) is 15.5. The molecule has 3 aliphatic carbocycles.